The highest BCUT2D eigenvalue weighted by Crippen LogP contribution is 2.08. The molecule has 0 amide bonds. The zero-order valence-corrected chi connectivity index (χ0v) is 8.63. The largest absolute Gasteiger partial charge is 0.293 e. The number of nitriles is 1. The Morgan fingerprint density at radius 2 is 2.46 bits per heavy atom. The monoisotopic (exact) mass is 238 g/mol. The molecular weight excluding hydrogens is 232 g/mol. The van der Waals surface area contributed by atoms with Gasteiger partial charge in [-0.15, -0.1) is 0 Å². The van der Waals surface area contributed by atoms with Crippen LogP contribution in [-0.4, -0.2) is 16.1 Å². The number of carbonyl (C=O) groups is 1. The molecule has 0 aromatic carbocycles. The fraction of sp³-hybridized carbons (Fsp3) is 0.222. The van der Waals surface area contributed by atoms with Crippen molar-refractivity contribution < 1.29 is 4.79 Å². The van der Waals surface area contributed by atoms with Gasteiger partial charge in [0.2, 0.25) is 0 Å². The van der Waals surface area contributed by atoms with Gasteiger partial charge in [0.1, 0.15) is 11.8 Å². The lowest BCUT2D eigenvalue weighted by molar-refractivity contribution is 0.102. The summed E-state index contributed by atoms with van der Waals surface area (Å²) in [5.41, 5.74) is 1.63. The second kappa shape index (κ2) is 4.15. The highest BCUT2D eigenvalue weighted by molar-refractivity contribution is 9.09. The summed E-state index contributed by atoms with van der Waals surface area (Å²) in [5.74, 6) is -0.0277. The van der Waals surface area contributed by atoms with Gasteiger partial charge in [0.25, 0.3) is 0 Å². The molecule has 0 atom stereocenters. The van der Waals surface area contributed by atoms with Gasteiger partial charge in [-0.25, -0.2) is 4.98 Å². The number of hydrogen-bond donors (Lipinski definition) is 0. The van der Waals surface area contributed by atoms with Gasteiger partial charge in [-0.2, -0.15) is 5.26 Å². The van der Waals surface area contributed by atoms with Crippen molar-refractivity contribution in [3.8, 4) is 6.07 Å². The molecule has 13 heavy (non-hydrogen) atoms. The molecule has 0 aliphatic heterocycles. The van der Waals surface area contributed by atoms with Crippen LogP contribution in [0.3, 0.4) is 0 Å². The molecule has 0 aliphatic carbocycles. The summed E-state index contributed by atoms with van der Waals surface area (Å²) in [6, 6.07) is 3.62. The van der Waals surface area contributed by atoms with E-state index in [0.29, 0.717) is 11.3 Å². The van der Waals surface area contributed by atoms with Crippen LogP contribution in [0.5, 0.6) is 0 Å². The smallest absolute Gasteiger partial charge is 0.174 e. The Hall–Kier alpha value is -1.21. The fourth-order valence-electron chi connectivity index (χ4n) is 0.921. The van der Waals surface area contributed by atoms with Crippen LogP contribution in [0.25, 0.3) is 0 Å². The number of rotatable bonds is 2. The quantitative estimate of drug-likeness (QED) is 0.584. The number of aromatic nitrogens is 1. The van der Waals surface area contributed by atoms with E-state index in [1.165, 1.54) is 6.20 Å². The van der Waals surface area contributed by atoms with E-state index in [1.54, 1.807) is 13.0 Å². The number of hydrogen-bond acceptors (Lipinski definition) is 3. The highest BCUT2D eigenvalue weighted by atomic mass is 79.9. The molecular formula is C9H7BrN2O. The molecule has 0 saturated heterocycles. The molecule has 0 unspecified atom stereocenters. The number of pyridine rings is 1. The minimum Gasteiger partial charge on any atom is -0.293 e. The number of alkyl halides is 1. The molecule has 0 fully saturated rings. The van der Waals surface area contributed by atoms with Crippen molar-refractivity contribution in [2.75, 3.05) is 5.33 Å². The fourth-order valence-corrected chi connectivity index (χ4v) is 1.25. The Bertz CT molecular complexity index is 382. The van der Waals surface area contributed by atoms with Crippen LogP contribution in [0, 0.1) is 18.3 Å². The molecule has 1 heterocycles. The average molecular weight is 239 g/mol. The van der Waals surface area contributed by atoms with Gasteiger partial charge < -0.3 is 0 Å². The van der Waals surface area contributed by atoms with Crippen LogP contribution >= 0.6 is 15.9 Å². The van der Waals surface area contributed by atoms with Gasteiger partial charge >= 0.3 is 0 Å². The second-order valence-electron chi connectivity index (χ2n) is 2.56. The number of nitrogens with zero attached hydrogens (tertiary/aromatic N) is 2. The zero-order valence-electron chi connectivity index (χ0n) is 7.04. The van der Waals surface area contributed by atoms with Gasteiger partial charge in [-0.05, 0) is 18.6 Å². The van der Waals surface area contributed by atoms with Crippen molar-refractivity contribution in [1.82, 2.24) is 4.98 Å². The lowest BCUT2D eigenvalue weighted by atomic mass is 10.1. The van der Waals surface area contributed by atoms with E-state index in [2.05, 4.69) is 20.9 Å². The van der Waals surface area contributed by atoms with Crippen LogP contribution in [0.4, 0.5) is 0 Å². The summed E-state index contributed by atoms with van der Waals surface area (Å²) in [4.78, 5) is 15.1. The summed E-state index contributed by atoms with van der Waals surface area (Å²) in [6.07, 6.45) is 1.43. The Balaban J connectivity index is 3.11. The van der Waals surface area contributed by atoms with E-state index < -0.39 is 0 Å². The first-order valence-corrected chi connectivity index (χ1v) is 4.77. The summed E-state index contributed by atoms with van der Waals surface area (Å²) in [6.45, 7) is 1.76. The van der Waals surface area contributed by atoms with Crippen molar-refractivity contribution in [2.24, 2.45) is 0 Å². The van der Waals surface area contributed by atoms with Crippen molar-refractivity contribution in [3.05, 3.63) is 29.1 Å². The third-order valence-corrected chi connectivity index (χ3v) is 2.14. The van der Waals surface area contributed by atoms with E-state index in [4.69, 9.17) is 5.26 Å². The molecule has 0 spiro atoms. The number of ketones is 1. The van der Waals surface area contributed by atoms with Gasteiger partial charge in [-0.3, -0.25) is 4.79 Å². The maximum absolute atomic E-state index is 11.2. The van der Waals surface area contributed by atoms with Crippen LogP contribution in [-0.2, 0) is 0 Å². The molecule has 0 saturated carbocycles. The minimum absolute atomic E-state index is 0.0277. The van der Waals surface area contributed by atoms with E-state index in [1.807, 2.05) is 6.07 Å². The third-order valence-electron chi connectivity index (χ3n) is 1.63. The van der Waals surface area contributed by atoms with Gasteiger partial charge in [0.15, 0.2) is 5.78 Å². The maximum Gasteiger partial charge on any atom is 0.174 e. The van der Waals surface area contributed by atoms with Crippen molar-refractivity contribution in [2.45, 2.75) is 6.92 Å². The molecule has 1 aromatic heterocycles. The molecule has 66 valence electrons. The van der Waals surface area contributed by atoms with Crippen molar-refractivity contribution in [1.29, 1.82) is 5.26 Å². The van der Waals surface area contributed by atoms with E-state index in [0.717, 1.165) is 5.56 Å². The first-order valence-electron chi connectivity index (χ1n) is 3.65. The lowest BCUT2D eigenvalue weighted by Crippen LogP contribution is -2.02. The van der Waals surface area contributed by atoms with E-state index >= 15 is 0 Å². The Labute approximate surface area is 84.5 Å². The zero-order chi connectivity index (χ0) is 9.84. The third kappa shape index (κ3) is 2.13. The maximum atomic E-state index is 11.2. The minimum atomic E-state index is -0.0277. The molecule has 0 radical (unpaired) electrons. The predicted molar refractivity (Wildman–Crippen MR) is 51.8 cm³/mol. The van der Waals surface area contributed by atoms with Crippen LogP contribution in [0.2, 0.25) is 0 Å². The summed E-state index contributed by atoms with van der Waals surface area (Å²) < 4.78 is 0. The Kier molecular flexibility index (Phi) is 3.15. The van der Waals surface area contributed by atoms with Crippen LogP contribution < -0.4 is 0 Å². The first-order chi connectivity index (χ1) is 6.19. The second-order valence-corrected chi connectivity index (χ2v) is 3.12. The summed E-state index contributed by atoms with van der Waals surface area (Å²) in [7, 11) is 0. The number of halogens is 1. The van der Waals surface area contributed by atoms with Gasteiger partial charge in [0.05, 0.1) is 5.33 Å². The van der Waals surface area contributed by atoms with E-state index in [-0.39, 0.29) is 11.1 Å². The molecule has 1 rings (SSSR count). The molecule has 1 aromatic rings. The molecule has 0 N–H and O–H groups in total. The first kappa shape index (κ1) is 9.87. The SMILES string of the molecule is Cc1cc(C(=O)CBr)cnc1C#N. The topological polar surface area (TPSA) is 53.8 Å². The lowest BCUT2D eigenvalue weighted by Gasteiger charge is -1.99. The summed E-state index contributed by atoms with van der Waals surface area (Å²) in [5, 5.41) is 8.88. The predicted octanol–water partition coefficient (Wildman–Crippen LogP) is 1.84. The molecule has 4 heteroatoms. The summed E-state index contributed by atoms with van der Waals surface area (Å²) >= 11 is 3.07. The van der Waals surface area contributed by atoms with E-state index in [9.17, 15) is 4.79 Å². The number of aryl methyl sites for hydroxylation is 1. The van der Waals surface area contributed by atoms with Crippen molar-refractivity contribution in [3.63, 3.8) is 0 Å². The van der Waals surface area contributed by atoms with Gasteiger partial charge in [0, 0.05) is 11.8 Å². The Morgan fingerprint density at radius 3 is 2.92 bits per heavy atom. The molecule has 0 bridgehead atoms. The molecule has 0 aliphatic rings. The Morgan fingerprint density at radius 1 is 1.77 bits per heavy atom. The average Bonchev–Trinajstić information content (AvgIpc) is 2.16. The number of carbonyl (C=O) groups excluding carboxylic acids is 1. The highest BCUT2D eigenvalue weighted by Gasteiger charge is 2.06. The van der Waals surface area contributed by atoms with Gasteiger partial charge in [-0.1, -0.05) is 15.9 Å². The molecule has 3 nitrogen and oxygen atoms in total. The standard InChI is InChI=1S/C9H7BrN2O/c1-6-2-7(9(13)3-10)5-12-8(6)4-11/h2,5H,3H2,1H3. The van der Waals surface area contributed by atoms with Crippen molar-refractivity contribution >= 4 is 21.7 Å². The normalized spacial score (nSPS) is 9.31. The van der Waals surface area contributed by atoms with Crippen LogP contribution in [0.15, 0.2) is 12.3 Å². The number of Topliss-reactive ketones (excluding diaryl/α,β-unsaturated/α-hetero) is 1. The van der Waals surface area contributed by atoms with Crippen LogP contribution in [0.1, 0.15) is 21.6 Å².